The van der Waals surface area contributed by atoms with Gasteiger partial charge >= 0.3 is 6.09 Å². The summed E-state index contributed by atoms with van der Waals surface area (Å²) in [4.78, 5) is 12.0. The molecule has 1 heterocycles. The Morgan fingerprint density at radius 1 is 1.23 bits per heavy atom. The van der Waals surface area contributed by atoms with Crippen LogP contribution in [0.15, 0.2) is 18.2 Å². The average molecular weight is 309 g/mol. The van der Waals surface area contributed by atoms with Crippen molar-refractivity contribution >= 4 is 17.0 Å². The van der Waals surface area contributed by atoms with Crippen LogP contribution in [-0.4, -0.2) is 23.9 Å². The second kappa shape index (κ2) is 8.41. The Morgan fingerprint density at radius 3 is 2.50 bits per heavy atom. The Kier molecular flexibility index (Phi) is 6.89. The standard InChI is InChI=1S/C15H18FNO3.C2H6/c1-4-6-20-15(18)17-10(3)7-11-8-14(19-5-2)12(16)9-13(11)17;1-2/h7-9H,4-6H2,1-3H3;1-2H3. The van der Waals surface area contributed by atoms with E-state index in [4.69, 9.17) is 9.47 Å². The zero-order valence-electron chi connectivity index (χ0n) is 13.9. The molecule has 0 aliphatic heterocycles. The van der Waals surface area contributed by atoms with E-state index in [1.807, 2.05) is 26.8 Å². The van der Waals surface area contributed by atoms with Crippen molar-refractivity contribution in [2.45, 2.75) is 41.0 Å². The number of ether oxygens (including phenoxy) is 2. The van der Waals surface area contributed by atoms with Crippen LogP contribution in [0.5, 0.6) is 5.75 Å². The summed E-state index contributed by atoms with van der Waals surface area (Å²) in [6.45, 7) is 10.2. The molecule has 22 heavy (non-hydrogen) atoms. The maximum Gasteiger partial charge on any atom is 0.418 e. The lowest BCUT2D eigenvalue weighted by molar-refractivity contribution is 0.148. The SMILES string of the molecule is CC.CCCOC(=O)n1c(C)cc2cc(OCC)c(F)cc21. The molecule has 0 amide bonds. The minimum Gasteiger partial charge on any atom is -0.491 e. The number of hydrogen-bond acceptors (Lipinski definition) is 3. The summed E-state index contributed by atoms with van der Waals surface area (Å²) in [6, 6.07) is 4.72. The molecule has 4 nitrogen and oxygen atoms in total. The van der Waals surface area contributed by atoms with Crippen LogP contribution in [0.3, 0.4) is 0 Å². The van der Waals surface area contributed by atoms with Crippen LogP contribution in [-0.2, 0) is 4.74 Å². The Morgan fingerprint density at radius 2 is 1.91 bits per heavy atom. The van der Waals surface area contributed by atoms with Crippen molar-refractivity contribution in [1.29, 1.82) is 0 Å². The molecule has 0 saturated carbocycles. The summed E-state index contributed by atoms with van der Waals surface area (Å²) < 4.78 is 25.6. The van der Waals surface area contributed by atoms with E-state index in [1.165, 1.54) is 10.6 Å². The third-order valence-corrected chi connectivity index (χ3v) is 2.95. The number of hydrogen-bond donors (Lipinski definition) is 0. The van der Waals surface area contributed by atoms with Crippen LogP contribution >= 0.6 is 0 Å². The first-order valence-corrected chi connectivity index (χ1v) is 7.70. The number of carbonyl (C=O) groups is 1. The first-order valence-electron chi connectivity index (χ1n) is 7.70. The molecule has 0 unspecified atom stereocenters. The molecule has 0 aliphatic rings. The molecular weight excluding hydrogens is 285 g/mol. The largest absolute Gasteiger partial charge is 0.491 e. The molecule has 122 valence electrons. The fourth-order valence-corrected chi connectivity index (χ4v) is 2.11. The van der Waals surface area contributed by atoms with Gasteiger partial charge in [0, 0.05) is 17.1 Å². The average Bonchev–Trinajstić information content (AvgIpc) is 2.82. The van der Waals surface area contributed by atoms with Crippen LogP contribution < -0.4 is 4.74 Å². The van der Waals surface area contributed by atoms with Gasteiger partial charge in [-0.3, -0.25) is 0 Å². The van der Waals surface area contributed by atoms with E-state index < -0.39 is 11.9 Å². The fraction of sp³-hybridized carbons (Fsp3) is 0.471. The molecule has 5 heteroatoms. The lowest BCUT2D eigenvalue weighted by Crippen LogP contribution is -2.15. The van der Waals surface area contributed by atoms with Crippen LogP contribution in [0.25, 0.3) is 10.9 Å². The van der Waals surface area contributed by atoms with Crippen molar-refractivity contribution in [3.8, 4) is 5.75 Å². The second-order valence-electron chi connectivity index (χ2n) is 4.51. The molecule has 0 aliphatic carbocycles. The van der Waals surface area contributed by atoms with Gasteiger partial charge in [0.25, 0.3) is 0 Å². The third-order valence-electron chi connectivity index (χ3n) is 2.95. The number of rotatable bonds is 4. The molecule has 0 bridgehead atoms. The van der Waals surface area contributed by atoms with E-state index in [0.717, 1.165) is 11.8 Å². The highest BCUT2D eigenvalue weighted by molar-refractivity contribution is 5.91. The van der Waals surface area contributed by atoms with Crippen LogP contribution in [0.4, 0.5) is 9.18 Å². The molecule has 1 aromatic heterocycles. The number of aryl methyl sites for hydroxylation is 1. The summed E-state index contributed by atoms with van der Waals surface area (Å²) in [6.07, 6.45) is 0.259. The van der Waals surface area contributed by atoms with Crippen LogP contribution in [0.1, 0.15) is 39.8 Å². The van der Waals surface area contributed by atoms with E-state index >= 15 is 0 Å². The topological polar surface area (TPSA) is 40.5 Å². The summed E-state index contributed by atoms with van der Waals surface area (Å²) in [5.41, 5.74) is 1.19. The second-order valence-corrected chi connectivity index (χ2v) is 4.51. The highest BCUT2D eigenvalue weighted by Crippen LogP contribution is 2.27. The third kappa shape index (κ3) is 3.78. The van der Waals surface area contributed by atoms with Crippen LogP contribution in [0.2, 0.25) is 0 Å². The number of aromatic nitrogens is 1. The van der Waals surface area contributed by atoms with Gasteiger partial charge in [0.05, 0.1) is 18.7 Å². The maximum absolute atomic E-state index is 13.9. The molecule has 0 radical (unpaired) electrons. The number of carbonyl (C=O) groups excluding carboxylic acids is 1. The van der Waals surface area contributed by atoms with Gasteiger partial charge in [-0.15, -0.1) is 0 Å². The molecule has 0 saturated heterocycles. The van der Waals surface area contributed by atoms with Gasteiger partial charge in [-0.2, -0.15) is 0 Å². The first-order chi connectivity index (χ1) is 10.6. The summed E-state index contributed by atoms with van der Waals surface area (Å²) in [5, 5.41) is 0.751. The van der Waals surface area contributed by atoms with Gasteiger partial charge in [-0.1, -0.05) is 20.8 Å². The Balaban J connectivity index is 0.00000116. The quantitative estimate of drug-likeness (QED) is 0.805. The highest BCUT2D eigenvalue weighted by Gasteiger charge is 2.16. The van der Waals surface area contributed by atoms with Gasteiger partial charge in [0.15, 0.2) is 11.6 Å². The van der Waals surface area contributed by atoms with Gasteiger partial charge in [0.1, 0.15) is 0 Å². The highest BCUT2D eigenvalue weighted by atomic mass is 19.1. The number of halogens is 1. The summed E-state index contributed by atoms with van der Waals surface area (Å²) >= 11 is 0. The molecule has 0 atom stereocenters. The maximum atomic E-state index is 13.9. The molecule has 0 fully saturated rings. The summed E-state index contributed by atoms with van der Waals surface area (Å²) in [7, 11) is 0. The lowest BCUT2D eigenvalue weighted by Gasteiger charge is -2.08. The predicted molar refractivity (Wildman–Crippen MR) is 86.2 cm³/mol. The van der Waals surface area contributed by atoms with Crippen molar-refractivity contribution in [3.05, 3.63) is 29.7 Å². The zero-order chi connectivity index (χ0) is 16.7. The molecule has 2 aromatic rings. The molecule has 1 aromatic carbocycles. The van der Waals surface area contributed by atoms with Gasteiger partial charge in [0.2, 0.25) is 0 Å². The minimum atomic E-state index is -0.484. The van der Waals surface area contributed by atoms with Crippen LogP contribution in [0, 0.1) is 12.7 Å². The number of nitrogens with zero attached hydrogens (tertiary/aromatic N) is 1. The fourth-order valence-electron chi connectivity index (χ4n) is 2.11. The van der Waals surface area contributed by atoms with E-state index in [9.17, 15) is 9.18 Å². The lowest BCUT2D eigenvalue weighted by atomic mass is 10.2. The van der Waals surface area contributed by atoms with E-state index in [-0.39, 0.29) is 5.75 Å². The van der Waals surface area contributed by atoms with Crippen molar-refractivity contribution in [1.82, 2.24) is 4.57 Å². The zero-order valence-corrected chi connectivity index (χ0v) is 13.9. The molecule has 0 spiro atoms. The van der Waals surface area contributed by atoms with Gasteiger partial charge in [-0.05, 0) is 32.4 Å². The van der Waals surface area contributed by atoms with Gasteiger partial charge < -0.3 is 9.47 Å². The summed E-state index contributed by atoms with van der Waals surface area (Å²) in [5.74, 6) is -0.291. The number of benzene rings is 1. The minimum absolute atomic E-state index is 0.194. The van der Waals surface area contributed by atoms with E-state index in [2.05, 4.69) is 0 Å². The predicted octanol–water partition coefficient (Wildman–Crippen LogP) is 4.91. The Labute approximate surface area is 130 Å². The Hall–Kier alpha value is -2.04. The molecule has 2 rings (SSSR count). The first kappa shape index (κ1) is 18.0. The van der Waals surface area contributed by atoms with Crippen molar-refractivity contribution < 1.29 is 18.7 Å². The van der Waals surface area contributed by atoms with Crippen molar-refractivity contribution in [2.75, 3.05) is 13.2 Å². The smallest absolute Gasteiger partial charge is 0.418 e. The Bertz CT molecular complexity index is 634. The monoisotopic (exact) mass is 309 g/mol. The van der Waals surface area contributed by atoms with Crippen molar-refractivity contribution in [3.63, 3.8) is 0 Å². The van der Waals surface area contributed by atoms with E-state index in [0.29, 0.717) is 24.4 Å². The number of fused-ring (bicyclic) bond motifs is 1. The van der Waals surface area contributed by atoms with E-state index in [1.54, 1.807) is 19.9 Å². The van der Waals surface area contributed by atoms with Gasteiger partial charge in [-0.25, -0.2) is 13.8 Å². The normalized spacial score (nSPS) is 10.1. The molecular formula is C17H24FNO3. The molecule has 0 N–H and O–H groups in total. The van der Waals surface area contributed by atoms with Crippen molar-refractivity contribution in [2.24, 2.45) is 0 Å².